The number of para-hydroxylation sites is 1. The lowest BCUT2D eigenvalue weighted by Gasteiger charge is -2.39. The van der Waals surface area contributed by atoms with Gasteiger partial charge in [-0.2, -0.15) is 4.31 Å². The van der Waals surface area contributed by atoms with Crippen LogP contribution < -0.4 is 9.96 Å². The van der Waals surface area contributed by atoms with Crippen LogP contribution in [-0.2, 0) is 21.4 Å². The Morgan fingerprint density at radius 2 is 1.84 bits per heavy atom. The van der Waals surface area contributed by atoms with Crippen molar-refractivity contribution >= 4 is 33.2 Å². The summed E-state index contributed by atoms with van der Waals surface area (Å²) in [4.78, 5) is 24.1. The molecule has 2 aromatic rings. The third-order valence-corrected chi connectivity index (χ3v) is 7.72. The molecule has 1 atom stereocenters. The lowest BCUT2D eigenvalue weighted by molar-refractivity contribution is -0.753. The first-order valence-electron chi connectivity index (χ1n) is 10.0. The number of nitro benzene ring substituents is 1. The van der Waals surface area contributed by atoms with Crippen LogP contribution in [0.5, 0.6) is 0 Å². The topological polar surface area (TPSA) is 138 Å². The summed E-state index contributed by atoms with van der Waals surface area (Å²) < 4.78 is 33.0. The first-order valence-corrected chi connectivity index (χ1v) is 11.5. The molecule has 0 radical (unpaired) electrons. The lowest BCUT2D eigenvalue weighted by Crippen LogP contribution is -2.98. The summed E-state index contributed by atoms with van der Waals surface area (Å²) in [6, 6.07) is 10.4. The molecule has 1 unspecified atom stereocenters. The van der Waals surface area contributed by atoms with E-state index >= 15 is 0 Å². The molecule has 2 aliphatic rings. The van der Waals surface area contributed by atoms with Crippen LogP contribution in [0.3, 0.4) is 0 Å². The van der Waals surface area contributed by atoms with Crippen molar-refractivity contribution in [3.63, 3.8) is 0 Å². The molecule has 1 amide bonds. The number of ether oxygens (including phenoxy) is 1. The number of benzene rings is 2. The number of carbonyl (C=O) groups is 1. The highest BCUT2D eigenvalue weighted by Crippen LogP contribution is 2.34. The average molecular weight is 462 g/mol. The number of piperidine rings is 1. The van der Waals surface area contributed by atoms with Crippen molar-refractivity contribution < 1.29 is 27.9 Å². The SMILES string of the molecule is C[NH+]([O-])c1cc([N+](=O)[O-])ccc1S(=O)(=O)N1CCC(N2C(=O)OCc3ccccc32)CC1. The van der Waals surface area contributed by atoms with Crippen LogP contribution in [0, 0.1) is 15.3 Å². The monoisotopic (exact) mass is 462 g/mol. The van der Waals surface area contributed by atoms with E-state index in [2.05, 4.69) is 0 Å². The Hall–Kier alpha value is -3.06. The third kappa shape index (κ3) is 3.93. The van der Waals surface area contributed by atoms with Crippen LogP contribution in [-0.4, -0.2) is 49.9 Å². The number of nitrogens with zero attached hydrogens (tertiary/aromatic N) is 3. The van der Waals surface area contributed by atoms with E-state index in [-0.39, 0.29) is 42.0 Å². The normalized spacial score (nSPS) is 18.7. The van der Waals surface area contributed by atoms with E-state index in [1.165, 1.54) is 11.4 Å². The van der Waals surface area contributed by atoms with E-state index in [4.69, 9.17) is 4.74 Å². The Morgan fingerprint density at radius 3 is 2.50 bits per heavy atom. The average Bonchev–Trinajstić information content (AvgIpc) is 2.78. The maximum Gasteiger partial charge on any atom is 0.414 e. The maximum absolute atomic E-state index is 13.2. The number of quaternary nitrogens is 1. The minimum Gasteiger partial charge on any atom is -0.629 e. The number of amides is 1. The van der Waals surface area contributed by atoms with Crippen molar-refractivity contribution in [1.29, 1.82) is 0 Å². The number of anilines is 1. The van der Waals surface area contributed by atoms with E-state index in [1.807, 2.05) is 24.3 Å². The summed E-state index contributed by atoms with van der Waals surface area (Å²) in [5.74, 6) is 0. The fourth-order valence-electron chi connectivity index (χ4n) is 4.13. The Morgan fingerprint density at radius 1 is 1.16 bits per heavy atom. The van der Waals surface area contributed by atoms with E-state index in [0.29, 0.717) is 12.8 Å². The summed E-state index contributed by atoms with van der Waals surface area (Å²) in [7, 11) is -2.88. The number of sulfonamides is 1. The number of hydrogen-bond acceptors (Lipinski definition) is 7. The Balaban J connectivity index is 1.56. The van der Waals surface area contributed by atoms with Crippen molar-refractivity contribution in [3.8, 4) is 0 Å². The van der Waals surface area contributed by atoms with Gasteiger partial charge in [-0.3, -0.25) is 15.0 Å². The van der Waals surface area contributed by atoms with Crippen LogP contribution in [0.15, 0.2) is 47.4 Å². The van der Waals surface area contributed by atoms with Gasteiger partial charge in [0.1, 0.15) is 11.5 Å². The number of fused-ring (bicyclic) bond motifs is 1. The van der Waals surface area contributed by atoms with Crippen LogP contribution in [0.4, 0.5) is 21.9 Å². The van der Waals surface area contributed by atoms with Gasteiger partial charge in [0.15, 0.2) is 5.69 Å². The Labute approximate surface area is 184 Å². The molecule has 4 rings (SSSR count). The van der Waals surface area contributed by atoms with Gasteiger partial charge >= 0.3 is 6.09 Å². The Bertz CT molecular complexity index is 1160. The molecule has 0 aromatic heterocycles. The van der Waals surface area contributed by atoms with Gasteiger partial charge in [-0.15, -0.1) is 0 Å². The number of nitrogens with one attached hydrogen (secondary N) is 1. The standard InChI is InChI=1S/C20H22N4O7S/c1-21(26)18-12-16(24(27)28)6-7-19(18)32(29,30)22-10-8-15(9-11-22)23-17-5-3-2-4-14(17)13-31-20(23)25/h2-7,12,15,21H,8-11,13H2,1H3. The Kier molecular flexibility index (Phi) is 5.86. The molecule has 1 N–H and O–H groups in total. The molecule has 2 heterocycles. The first kappa shape index (κ1) is 22.1. The van der Waals surface area contributed by atoms with Crippen LogP contribution in [0.25, 0.3) is 0 Å². The smallest absolute Gasteiger partial charge is 0.414 e. The van der Waals surface area contributed by atoms with Crippen molar-refractivity contribution in [1.82, 2.24) is 4.31 Å². The molecule has 2 aromatic carbocycles. The van der Waals surface area contributed by atoms with Gasteiger partial charge in [-0.25, -0.2) is 13.2 Å². The summed E-state index contributed by atoms with van der Waals surface area (Å²) >= 11 is 0. The van der Waals surface area contributed by atoms with E-state index < -0.39 is 26.1 Å². The zero-order valence-electron chi connectivity index (χ0n) is 17.3. The molecule has 0 aliphatic carbocycles. The van der Waals surface area contributed by atoms with Crippen LogP contribution in [0.1, 0.15) is 18.4 Å². The third-order valence-electron chi connectivity index (χ3n) is 5.76. The number of carbonyl (C=O) groups excluding carboxylic acids is 1. The molecule has 12 heteroatoms. The zero-order chi connectivity index (χ0) is 23.0. The highest BCUT2D eigenvalue weighted by molar-refractivity contribution is 7.89. The zero-order valence-corrected chi connectivity index (χ0v) is 18.1. The summed E-state index contributed by atoms with van der Waals surface area (Å²) in [5, 5.41) is 22.5. The first-order chi connectivity index (χ1) is 15.2. The quantitative estimate of drug-likeness (QED) is 0.526. The van der Waals surface area contributed by atoms with Crippen molar-refractivity contribution in [2.75, 3.05) is 25.0 Å². The molecule has 1 saturated heterocycles. The van der Waals surface area contributed by atoms with Gasteiger partial charge in [-0.05, 0) is 25.0 Å². The second-order valence-corrected chi connectivity index (χ2v) is 9.59. The van der Waals surface area contributed by atoms with E-state index in [1.54, 1.807) is 4.90 Å². The molecule has 32 heavy (non-hydrogen) atoms. The molecule has 0 bridgehead atoms. The molecular weight excluding hydrogens is 440 g/mol. The largest absolute Gasteiger partial charge is 0.629 e. The lowest BCUT2D eigenvalue weighted by atomic mass is 10.0. The molecule has 170 valence electrons. The summed E-state index contributed by atoms with van der Waals surface area (Å²) in [5.41, 5.74) is 1.09. The van der Waals surface area contributed by atoms with Gasteiger partial charge in [-0.1, -0.05) is 18.2 Å². The molecule has 2 aliphatic heterocycles. The second-order valence-electron chi connectivity index (χ2n) is 7.68. The summed E-state index contributed by atoms with van der Waals surface area (Å²) in [6.45, 7) is 0.466. The number of nitro groups is 1. The van der Waals surface area contributed by atoms with E-state index in [0.717, 1.165) is 29.4 Å². The molecule has 11 nitrogen and oxygen atoms in total. The van der Waals surface area contributed by atoms with Crippen molar-refractivity contribution in [2.24, 2.45) is 0 Å². The van der Waals surface area contributed by atoms with Crippen LogP contribution in [0.2, 0.25) is 0 Å². The van der Waals surface area contributed by atoms with Crippen LogP contribution >= 0.6 is 0 Å². The molecule has 1 fully saturated rings. The minimum atomic E-state index is -4.05. The molecule has 0 spiro atoms. The second kappa shape index (κ2) is 8.47. The highest BCUT2D eigenvalue weighted by atomic mass is 32.2. The van der Waals surface area contributed by atoms with Gasteiger partial charge < -0.3 is 15.0 Å². The predicted octanol–water partition coefficient (Wildman–Crippen LogP) is 1.55. The van der Waals surface area contributed by atoms with Gasteiger partial charge in [0.05, 0.1) is 23.7 Å². The number of non-ortho nitro benzene ring substituents is 1. The number of cyclic esters (lactones) is 1. The van der Waals surface area contributed by atoms with Gasteiger partial charge in [0, 0.05) is 30.8 Å². The predicted molar refractivity (Wildman–Crippen MR) is 114 cm³/mol. The minimum absolute atomic E-state index is 0.132. The maximum atomic E-state index is 13.2. The van der Waals surface area contributed by atoms with E-state index in [9.17, 15) is 28.5 Å². The van der Waals surface area contributed by atoms with Crippen molar-refractivity contribution in [3.05, 3.63) is 63.3 Å². The summed E-state index contributed by atoms with van der Waals surface area (Å²) in [6.07, 6.45) is 0.301. The number of rotatable bonds is 5. The molecule has 0 saturated carbocycles. The number of hydroxylamine groups is 1. The van der Waals surface area contributed by atoms with Gasteiger partial charge in [0.25, 0.3) is 5.69 Å². The van der Waals surface area contributed by atoms with Crippen molar-refractivity contribution in [2.45, 2.75) is 30.4 Å². The highest BCUT2D eigenvalue weighted by Gasteiger charge is 2.38. The fourth-order valence-corrected chi connectivity index (χ4v) is 5.82. The van der Waals surface area contributed by atoms with Gasteiger partial charge in [0.2, 0.25) is 10.0 Å². The fraction of sp³-hybridized carbons (Fsp3) is 0.350. The number of hydrogen-bond donors (Lipinski definition) is 1. The molecular formula is C20H22N4O7S.